The molecular weight excluding hydrogens is 280 g/mol. The van der Waals surface area contributed by atoms with E-state index in [1.807, 2.05) is 13.0 Å². The van der Waals surface area contributed by atoms with Crippen molar-refractivity contribution in [1.29, 1.82) is 0 Å². The van der Waals surface area contributed by atoms with Gasteiger partial charge in [0, 0.05) is 32.7 Å². The lowest BCUT2D eigenvalue weighted by Gasteiger charge is -2.27. The van der Waals surface area contributed by atoms with E-state index in [1.54, 1.807) is 0 Å². The van der Waals surface area contributed by atoms with Crippen LogP contribution in [0.5, 0.6) is 5.75 Å². The van der Waals surface area contributed by atoms with Crippen molar-refractivity contribution in [3.63, 3.8) is 0 Å². The second-order valence-electron chi connectivity index (χ2n) is 4.58. The first-order chi connectivity index (χ1) is 8.16. The Balaban J connectivity index is 1.94. The summed E-state index contributed by atoms with van der Waals surface area (Å²) in [6.45, 7) is 7.50. The largest absolute Gasteiger partial charge is 0.506 e. The SMILES string of the molecule is Cc1cc(CCN2CCNCC2)cc(Br)c1O. The molecule has 0 atom stereocenters. The van der Waals surface area contributed by atoms with Gasteiger partial charge in [0.2, 0.25) is 0 Å². The van der Waals surface area contributed by atoms with E-state index in [4.69, 9.17) is 0 Å². The van der Waals surface area contributed by atoms with Crippen molar-refractivity contribution < 1.29 is 5.11 Å². The van der Waals surface area contributed by atoms with Crippen LogP contribution in [0.3, 0.4) is 0 Å². The third-order valence-corrected chi connectivity index (χ3v) is 3.84. The van der Waals surface area contributed by atoms with Gasteiger partial charge in [-0.15, -0.1) is 0 Å². The minimum absolute atomic E-state index is 0.357. The number of hydrogen-bond acceptors (Lipinski definition) is 3. The van der Waals surface area contributed by atoms with Crippen LogP contribution in [0.4, 0.5) is 0 Å². The second kappa shape index (κ2) is 5.85. The number of rotatable bonds is 3. The molecule has 1 aromatic carbocycles. The molecule has 1 aliphatic rings. The lowest BCUT2D eigenvalue weighted by molar-refractivity contribution is 0.244. The number of benzene rings is 1. The fourth-order valence-corrected chi connectivity index (χ4v) is 2.78. The molecule has 1 aromatic rings. The third-order valence-electron chi connectivity index (χ3n) is 3.24. The molecule has 0 aromatic heterocycles. The molecule has 0 unspecified atom stereocenters. The van der Waals surface area contributed by atoms with Crippen molar-refractivity contribution in [2.24, 2.45) is 0 Å². The predicted octanol–water partition coefficient (Wildman–Crippen LogP) is 1.91. The van der Waals surface area contributed by atoms with Gasteiger partial charge in [-0.25, -0.2) is 0 Å². The molecule has 0 aliphatic carbocycles. The quantitative estimate of drug-likeness (QED) is 0.895. The number of aromatic hydroxyl groups is 1. The lowest BCUT2D eigenvalue weighted by Crippen LogP contribution is -2.44. The molecule has 2 rings (SSSR count). The first-order valence-corrected chi connectivity index (χ1v) is 6.87. The Morgan fingerprint density at radius 3 is 2.71 bits per heavy atom. The number of phenolic OH excluding ortho intramolecular Hbond substituents is 1. The van der Waals surface area contributed by atoms with Gasteiger partial charge >= 0.3 is 0 Å². The highest BCUT2D eigenvalue weighted by Gasteiger charge is 2.10. The zero-order chi connectivity index (χ0) is 12.3. The standard InChI is InChI=1S/C13H19BrN2O/c1-10-8-11(9-12(14)13(10)17)2-5-16-6-3-15-4-7-16/h8-9,15,17H,2-7H2,1H3. The van der Waals surface area contributed by atoms with Gasteiger partial charge in [0.05, 0.1) is 4.47 Å². The molecule has 4 heteroatoms. The van der Waals surface area contributed by atoms with E-state index in [0.717, 1.165) is 49.2 Å². The zero-order valence-electron chi connectivity index (χ0n) is 10.2. The Morgan fingerprint density at radius 2 is 2.06 bits per heavy atom. The summed E-state index contributed by atoms with van der Waals surface area (Å²) in [4.78, 5) is 2.48. The number of nitrogens with one attached hydrogen (secondary N) is 1. The molecule has 0 radical (unpaired) electrons. The lowest BCUT2D eigenvalue weighted by atomic mass is 10.1. The van der Waals surface area contributed by atoms with E-state index in [9.17, 15) is 5.11 Å². The minimum Gasteiger partial charge on any atom is -0.506 e. The van der Waals surface area contributed by atoms with Gasteiger partial charge in [0.1, 0.15) is 5.75 Å². The molecule has 1 saturated heterocycles. The van der Waals surface area contributed by atoms with E-state index >= 15 is 0 Å². The van der Waals surface area contributed by atoms with Gasteiger partial charge in [0.15, 0.2) is 0 Å². The van der Waals surface area contributed by atoms with Crippen LogP contribution in [0.2, 0.25) is 0 Å². The number of nitrogens with zero attached hydrogens (tertiary/aromatic N) is 1. The van der Waals surface area contributed by atoms with Gasteiger partial charge in [-0.2, -0.15) is 0 Å². The van der Waals surface area contributed by atoms with E-state index in [-0.39, 0.29) is 0 Å². The van der Waals surface area contributed by atoms with E-state index in [0.29, 0.717) is 5.75 Å². The Morgan fingerprint density at radius 1 is 1.35 bits per heavy atom. The molecule has 3 nitrogen and oxygen atoms in total. The average Bonchev–Trinajstić information content (AvgIpc) is 2.34. The molecule has 17 heavy (non-hydrogen) atoms. The second-order valence-corrected chi connectivity index (χ2v) is 5.44. The first-order valence-electron chi connectivity index (χ1n) is 6.08. The Labute approximate surface area is 111 Å². The normalized spacial score (nSPS) is 17.3. The first kappa shape index (κ1) is 12.9. The smallest absolute Gasteiger partial charge is 0.132 e. The molecule has 2 N–H and O–H groups in total. The van der Waals surface area contributed by atoms with Gasteiger partial charge in [0.25, 0.3) is 0 Å². The van der Waals surface area contributed by atoms with Crippen molar-refractivity contribution in [1.82, 2.24) is 10.2 Å². The summed E-state index contributed by atoms with van der Waals surface area (Å²) in [6, 6.07) is 4.09. The van der Waals surface area contributed by atoms with Crippen molar-refractivity contribution in [3.05, 3.63) is 27.7 Å². The molecule has 0 amide bonds. The van der Waals surface area contributed by atoms with Gasteiger partial charge in [-0.05, 0) is 46.5 Å². The van der Waals surface area contributed by atoms with Crippen LogP contribution in [0.15, 0.2) is 16.6 Å². The number of hydrogen-bond donors (Lipinski definition) is 2. The van der Waals surface area contributed by atoms with Gasteiger partial charge in [-0.1, -0.05) is 6.07 Å². The van der Waals surface area contributed by atoms with Crippen molar-refractivity contribution in [3.8, 4) is 5.75 Å². The topological polar surface area (TPSA) is 35.5 Å². The summed E-state index contributed by atoms with van der Waals surface area (Å²) < 4.78 is 0.799. The molecular formula is C13H19BrN2O. The third kappa shape index (κ3) is 3.44. The van der Waals surface area contributed by atoms with Crippen LogP contribution in [0.1, 0.15) is 11.1 Å². The van der Waals surface area contributed by atoms with Crippen LogP contribution in [0.25, 0.3) is 0 Å². The Bertz CT molecular complexity index is 366. The molecule has 0 bridgehead atoms. The summed E-state index contributed by atoms with van der Waals surface area (Å²) in [6.07, 6.45) is 1.04. The highest BCUT2D eigenvalue weighted by Crippen LogP contribution is 2.28. The van der Waals surface area contributed by atoms with Crippen molar-refractivity contribution >= 4 is 15.9 Å². The fraction of sp³-hybridized carbons (Fsp3) is 0.538. The highest BCUT2D eigenvalue weighted by atomic mass is 79.9. The zero-order valence-corrected chi connectivity index (χ0v) is 11.8. The predicted molar refractivity (Wildman–Crippen MR) is 73.6 cm³/mol. The number of halogens is 1. The van der Waals surface area contributed by atoms with Crippen LogP contribution < -0.4 is 5.32 Å². The van der Waals surface area contributed by atoms with Crippen molar-refractivity contribution in [2.45, 2.75) is 13.3 Å². The van der Waals surface area contributed by atoms with Crippen LogP contribution in [0, 0.1) is 6.92 Å². The number of phenols is 1. The number of piperazine rings is 1. The molecule has 94 valence electrons. The Hall–Kier alpha value is -0.580. The summed E-state index contributed by atoms with van der Waals surface area (Å²) in [5.74, 6) is 0.357. The molecule has 1 fully saturated rings. The molecule has 1 heterocycles. The van der Waals surface area contributed by atoms with Crippen molar-refractivity contribution in [2.75, 3.05) is 32.7 Å². The summed E-state index contributed by atoms with van der Waals surface area (Å²) >= 11 is 3.39. The van der Waals surface area contributed by atoms with E-state index < -0.39 is 0 Å². The van der Waals surface area contributed by atoms with Gasteiger partial charge in [-0.3, -0.25) is 0 Å². The summed E-state index contributed by atoms with van der Waals surface area (Å²) in [5, 5.41) is 13.0. The average molecular weight is 299 g/mol. The summed E-state index contributed by atoms with van der Waals surface area (Å²) in [5.41, 5.74) is 2.22. The maximum absolute atomic E-state index is 9.68. The van der Waals surface area contributed by atoms with E-state index in [2.05, 4.69) is 32.2 Å². The highest BCUT2D eigenvalue weighted by molar-refractivity contribution is 9.10. The fourth-order valence-electron chi connectivity index (χ4n) is 2.17. The van der Waals surface area contributed by atoms with Crippen LogP contribution in [-0.4, -0.2) is 42.7 Å². The van der Waals surface area contributed by atoms with Crippen LogP contribution >= 0.6 is 15.9 Å². The van der Waals surface area contributed by atoms with Crippen LogP contribution in [-0.2, 0) is 6.42 Å². The number of aryl methyl sites for hydroxylation is 1. The maximum atomic E-state index is 9.68. The van der Waals surface area contributed by atoms with Gasteiger partial charge < -0.3 is 15.3 Å². The minimum atomic E-state index is 0.357. The molecule has 0 spiro atoms. The summed E-state index contributed by atoms with van der Waals surface area (Å²) in [7, 11) is 0. The molecule has 0 saturated carbocycles. The van der Waals surface area contributed by atoms with E-state index in [1.165, 1.54) is 5.56 Å². The molecule has 1 aliphatic heterocycles. The maximum Gasteiger partial charge on any atom is 0.132 e. The Kier molecular flexibility index (Phi) is 4.42. The monoisotopic (exact) mass is 298 g/mol.